The molecule has 0 spiro atoms. The third-order valence-corrected chi connectivity index (χ3v) is 3.48. The maximum Gasteiger partial charge on any atom is 0.119 e. The largest absolute Gasteiger partial charge is 1.00 e. The number of hydrogen-bond donors (Lipinski definition) is 2. The van der Waals surface area contributed by atoms with E-state index in [9.17, 15) is 5.11 Å². The van der Waals surface area contributed by atoms with E-state index in [1.807, 2.05) is 12.1 Å². The zero-order chi connectivity index (χ0) is 15.2. The zero-order valence-corrected chi connectivity index (χ0v) is 14.6. The molecule has 0 aliphatic rings. The Balaban J connectivity index is 0.00000400. The van der Waals surface area contributed by atoms with E-state index in [1.165, 1.54) is 5.56 Å². The Bertz CT molecular complexity index is 387. The summed E-state index contributed by atoms with van der Waals surface area (Å²) in [6.45, 7) is 11.7. The molecule has 0 aromatic heterocycles. The number of aliphatic hydroxyl groups excluding tert-OH is 1. The number of aliphatic hydroxyl groups is 1. The second-order valence-electron chi connectivity index (χ2n) is 6.46. The van der Waals surface area contributed by atoms with Crippen molar-refractivity contribution in [3.05, 3.63) is 29.8 Å². The van der Waals surface area contributed by atoms with Crippen LogP contribution in [0.1, 0.15) is 46.6 Å². The van der Waals surface area contributed by atoms with Crippen molar-refractivity contribution in [3.8, 4) is 5.75 Å². The summed E-state index contributed by atoms with van der Waals surface area (Å²) in [5, 5.41) is 13.1. The first-order valence-corrected chi connectivity index (χ1v) is 7.47. The monoisotopic (exact) mass is 314 g/mol. The van der Waals surface area contributed by atoms with Gasteiger partial charge in [0.15, 0.2) is 0 Å². The van der Waals surface area contributed by atoms with E-state index in [2.05, 4.69) is 52.1 Å². The lowest BCUT2D eigenvalue weighted by molar-refractivity contribution is -0.00000657. The van der Waals surface area contributed by atoms with Gasteiger partial charge >= 0.3 is 0 Å². The minimum absolute atomic E-state index is 0. The summed E-state index contributed by atoms with van der Waals surface area (Å²) in [5.74, 6) is 0.806. The highest BCUT2D eigenvalue weighted by molar-refractivity contribution is 5.31. The highest BCUT2D eigenvalue weighted by Gasteiger charge is 2.13. The zero-order valence-electron chi connectivity index (χ0n) is 13.8. The number of benzene rings is 1. The molecule has 0 amide bonds. The molecule has 2 N–H and O–H groups in total. The number of nitrogens with one attached hydrogen (secondary N) is 1. The van der Waals surface area contributed by atoms with Crippen LogP contribution in [0.25, 0.3) is 0 Å². The molecule has 1 aromatic rings. The molecule has 0 saturated heterocycles. The SMILES string of the molecule is CCC(C)NCC(O)COc1ccc(C(C)(C)C)cc1.[Cl-]. The van der Waals surface area contributed by atoms with Crippen LogP contribution in [-0.2, 0) is 5.41 Å². The van der Waals surface area contributed by atoms with Crippen molar-refractivity contribution in [2.24, 2.45) is 0 Å². The summed E-state index contributed by atoms with van der Waals surface area (Å²) in [6.07, 6.45) is 0.577. The van der Waals surface area contributed by atoms with E-state index >= 15 is 0 Å². The summed E-state index contributed by atoms with van der Waals surface area (Å²) in [5.41, 5.74) is 1.43. The van der Waals surface area contributed by atoms with Crippen molar-refractivity contribution in [2.45, 2.75) is 58.6 Å². The van der Waals surface area contributed by atoms with Crippen LogP contribution in [0, 0.1) is 0 Å². The van der Waals surface area contributed by atoms with Crippen molar-refractivity contribution < 1.29 is 22.3 Å². The van der Waals surface area contributed by atoms with E-state index in [0.29, 0.717) is 19.2 Å². The third-order valence-electron chi connectivity index (χ3n) is 3.48. The molecule has 0 radical (unpaired) electrons. The maximum atomic E-state index is 9.85. The lowest BCUT2D eigenvalue weighted by Gasteiger charge is -2.20. The molecule has 0 heterocycles. The van der Waals surface area contributed by atoms with E-state index in [1.54, 1.807) is 0 Å². The smallest absolute Gasteiger partial charge is 0.119 e. The minimum atomic E-state index is -0.480. The number of rotatable bonds is 7. The molecule has 0 aliphatic heterocycles. The molecule has 2 unspecified atom stereocenters. The summed E-state index contributed by atoms with van der Waals surface area (Å²) in [7, 11) is 0. The van der Waals surface area contributed by atoms with Gasteiger partial charge in [-0.15, -0.1) is 0 Å². The maximum absolute atomic E-state index is 9.85. The molecule has 1 aromatic carbocycles. The Labute approximate surface area is 135 Å². The molecule has 0 aliphatic carbocycles. The molecular formula is C17H29ClNO2-. The normalized spacial score (nSPS) is 14.2. The second-order valence-corrected chi connectivity index (χ2v) is 6.46. The van der Waals surface area contributed by atoms with Crippen LogP contribution in [0.15, 0.2) is 24.3 Å². The van der Waals surface area contributed by atoms with Gasteiger partial charge in [-0.05, 0) is 36.5 Å². The van der Waals surface area contributed by atoms with Crippen molar-refractivity contribution in [1.29, 1.82) is 0 Å². The van der Waals surface area contributed by atoms with Gasteiger partial charge in [0.25, 0.3) is 0 Å². The van der Waals surface area contributed by atoms with E-state index in [-0.39, 0.29) is 17.8 Å². The minimum Gasteiger partial charge on any atom is -1.00 e. The molecule has 4 heteroatoms. The lowest BCUT2D eigenvalue weighted by atomic mass is 9.87. The average Bonchev–Trinajstić information content (AvgIpc) is 2.41. The van der Waals surface area contributed by atoms with Gasteiger partial charge in [-0.1, -0.05) is 39.8 Å². The average molecular weight is 315 g/mol. The van der Waals surface area contributed by atoms with E-state index in [4.69, 9.17) is 4.74 Å². The summed E-state index contributed by atoms with van der Waals surface area (Å²) in [4.78, 5) is 0. The molecule has 122 valence electrons. The lowest BCUT2D eigenvalue weighted by Crippen LogP contribution is -3.00. The van der Waals surface area contributed by atoms with Gasteiger partial charge in [-0.3, -0.25) is 0 Å². The first-order valence-electron chi connectivity index (χ1n) is 7.47. The summed E-state index contributed by atoms with van der Waals surface area (Å²) >= 11 is 0. The predicted molar refractivity (Wildman–Crippen MR) is 84.4 cm³/mol. The highest BCUT2D eigenvalue weighted by Crippen LogP contribution is 2.24. The van der Waals surface area contributed by atoms with Crippen LogP contribution in [0.4, 0.5) is 0 Å². The van der Waals surface area contributed by atoms with Crippen LogP contribution >= 0.6 is 0 Å². The topological polar surface area (TPSA) is 41.5 Å². The Morgan fingerprint density at radius 2 is 1.76 bits per heavy atom. The fourth-order valence-electron chi connectivity index (χ4n) is 1.78. The summed E-state index contributed by atoms with van der Waals surface area (Å²) in [6, 6.07) is 8.53. The van der Waals surface area contributed by atoms with Gasteiger partial charge < -0.3 is 27.6 Å². The Hall–Kier alpha value is -0.770. The molecule has 0 fully saturated rings. The van der Waals surface area contributed by atoms with Crippen LogP contribution in [0.3, 0.4) is 0 Å². The van der Waals surface area contributed by atoms with E-state index in [0.717, 1.165) is 12.2 Å². The van der Waals surface area contributed by atoms with Crippen molar-refractivity contribution in [3.63, 3.8) is 0 Å². The molecule has 1 rings (SSSR count). The van der Waals surface area contributed by atoms with E-state index < -0.39 is 6.10 Å². The second kappa shape index (κ2) is 9.29. The van der Waals surface area contributed by atoms with Gasteiger partial charge in [0, 0.05) is 12.6 Å². The number of hydrogen-bond acceptors (Lipinski definition) is 3. The molecule has 0 saturated carbocycles. The van der Waals surface area contributed by atoms with Crippen LogP contribution in [-0.4, -0.2) is 30.4 Å². The number of halogens is 1. The van der Waals surface area contributed by atoms with Crippen molar-refractivity contribution in [1.82, 2.24) is 5.32 Å². The van der Waals surface area contributed by atoms with Gasteiger partial charge in [0.2, 0.25) is 0 Å². The first kappa shape index (κ1) is 20.2. The van der Waals surface area contributed by atoms with Gasteiger partial charge in [0.1, 0.15) is 18.5 Å². The highest BCUT2D eigenvalue weighted by atomic mass is 35.5. The number of ether oxygens (including phenoxy) is 1. The predicted octanol–water partition coefficient (Wildman–Crippen LogP) is 0.116. The standard InChI is InChI=1S/C17H29NO2.ClH/c1-6-13(2)18-11-15(19)12-20-16-9-7-14(8-10-16)17(3,4)5;/h7-10,13,15,18-19H,6,11-12H2,1-5H3;1H/p-1. The molecule has 21 heavy (non-hydrogen) atoms. The van der Waals surface area contributed by atoms with Crippen molar-refractivity contribution in [2.75, 3.05) is 13.2 Å². The molecule has 3 nitrogen and oxygen atoms in total. The Morgan fingerprint density at radius 1 is 1.19 bits per heavy atom. The summed E-state index contributed by atoms with van der Waals surface area (Å²) < 4.78 is 5.61. The Morgan fingerprint density at radius 3 is 2.24 bits per heavy atom. The van der Waals surface area contributed by atoms with Gasteiger partial charge in [0.05, 0.1) is 0 Å². The van der Waals surface area contributed by atoms with Gasteiger partial charge in [-0.25, -0.2) is 0 Å². The Kier molecular flexibility index (Phi) is 8.95. The van der Waals surface area contributed by atoms with Crippen molar-refractivity contribution >= 4 is 0 Å². The van der Waals surface area contributed by atoms with Gasteiger partial charge in [-0.2, -0.15) is 0 Å². The van der Waals surface area contributed by atoms with Crippen LogP contribution in [0.5, 0.6) is 5.75 Å². The molecular weight excluding hydrogens is 286 g/mol. The first-order chi connectivity index (χ1) is 9.32. The molecule has 2 atom stereocenters. The molecule has 0 bridgehead atoms. The third kappa shape index (κ3) is 7.70. The fraction of sp³-hybridized carbons (Fsp3) is 0.647. The fourth-order valence-corrected chi connectivity index (χ4v) is 1.78. The van der Waals surface area contributed by atoms with Crippen LogP contribution < -0.4 is 22.5 Å². The van der Waals surface area contributed by atoms with Crippen LogP contribution in [0.2, 0.25) is 0 Å². The quantitative estimate of drug-likeness (QED) is 0.751.